The predicted octanol–water partition coefficient (Wildman–Crippen LogP) is 22.7. The largest absolute Gasteiger partial charge is 0.437 e. The van der Waals surface area contributed by atoms with Crippen molar-refractivity contribution in [3.8, 4) is 56.3 Å². The van der Waals surface area contributed by atoms with Gasteiger partial charge in [-0.2, -0.15) is 0 Å². The molecule has 0 N–H and O–H groups in total. The van der Waals surface area contributed by atoms with Gasteiger partial charge in [-0.3, -0.25) is 0 Å². The summed E-state index contributed by atoms with van der Waals surface area (Å²) in [7, 11) is 9.74. The number of hydrogen-bond acceptors (Lipinski definition) is 10. The minimum atomic E-state index is -2.44. The van der Waals surface area contributed by atoms with Crippen LogP contribution < -0.4 is 22.8 Å². The highest BCUT2D eigenvalue weighted by molar-refractivity contribution is 6.13. The zero-order valence-corrected chi connectivity index (χ0v) is 68.0. The van der Waals surface area contributed by atoms with Crippen molar-refractivity contribution in [2.75, 3.05) is 0 Å². The average Bonchev–Trinajstić information content (AvgIpc) is 1.69. The van der Waals surface area contributed by atoms with Gasteiger partial charge in [-0.1, -0.05) is 88.2 Å². The van der Waals surface area contributed by atoms with Crippen LogP contribution in [0.2, 0.25) is 0 Å². The number of benzene rings is 5. The van der Waals surface area contributed by atoms with E-state index in [0.717, 1.165) is 166 Å². The number of aromatic nitrogens is 10. The summed E-state index contributed by atoms with van der Waals surface area (Å²) in [4.78, 5) is 22.0. The standard InChI is InChI=1S/2C21H21N2O.2C20H19N2O.C19H17N2O/c1-13(2)15-8-10-18(23(4)12-15)19-14(3)7-9-16-17-6-5-11-22-21(17)24-20(16)19;1-13(2)15-9-11-23(4)18(12-15)19-14(3)7-8-16-17-6-5-10-22-21(17)24-20(16)19;1-12-9-10-22(4)17(11-12)18-13(2)5-7-15-16-8-6-14(3)21-20(16)23-19(15)18;1-12-7-8-15-16-6-5-9-21-20(16)23-19(15)18(12)17-10-13(2)14(3)11-22(17)4;1-12-7-9-14-15-10-8-13(2)20-19(15)22-18(14)17(12)16-6-4-5-11-21(16)3/h2*5-13H,1-4H3;2*5-11H,1-4H3;4-11H,1-3H3/q5*+1/i2*1D3,13D;;3D3;. The summed E-state index contributed by atoms with van der Waals surface area (Å²) < 4.78 is 127. The summed E-state index contributed by atoms with van der Waals surface area (Å²) in [6.07, 6.45) is 14.5. The Balaban J connectivity index is 0.000000117. The quantitative estimate of drug-likeness (QED) is 0.141. The van der Waals surface area contributed by atoms with Gasteiger partial charge >= 0.3 is 0 Å². The molecule has 0 bridgehead atoms. The Morgan fingerprint density at radius 2 is 0.672 bits per heavy atom. The van der Waals surface area contributed by atoms with Crippen LogP contribution in [0.3, 0.4) is 0 Å². The van der Waals surface area contributed by atoms with E-state index in [1.54, 1.807) is 55.4 Å². The van der Waals surface area contributed by atoms with E-state index < -0.39 is 32.3 Å². The molecule has 2 unspecified atom stereocenters. The van der Waals surface area contributed by atoms with Crippen molar-refractivity contribution in [2.24, 2.45) is 35.2 Å². The molecule has 2 atom stereocenters. The van der Waals surface area contributed by atoms with E-state index in [9.17, 15) is 0 Å². The molecule has 0 radical (unpaired) electrons. The topological polar surface area (TPSA) is 150 Å². The summed E-state index contributed by atoms with van der Waals surface area (Å²) in [6, 6.07) is 60.1. The predicted molar refractivity (Wildman–Crippen MR) is 466 cm³/mol. The summed E-state index contributed by atoms with van der Waals surface area (Å²) >= 11 is 0. The molecule has 116 heavy (non-hydrogen) atoms. The average molecular weight is 1540 g/mol. The van der Waals surface area contributed by atoms with E-state index in [2.05, 4.69) is 148 Å². The molecule has 0 fully saturated rings. The molecule has 5 aromatic carbocycles. The fourth-order valence-corrected chi connectivity index (χ4v) is 15.6. The Hall–Kier alpha value is -13.4. The second kappa shape index (κ2) is 31.2. The molecule has 0 aliphatic carbocycles. The summed E-state index contributed by atoms with van der Waals surface area (Å²) in [5, 5.41) is 10.2. The van der Waals surface area contributed by atoms with Crippen molar-refractivity contribution < 1.29 is 60.0 Å². The molecule has 15 heteroatoms. The first kappa shape index (κ1) is 64.0. The molecule has 0 aliphatic rings. The Bertz CT molecular complexity index is 7770. The zero-order chi connectivity index (χ0) is 90.6. The second-order valence-corrected chi connectivity index (χ2v) is 30.2. The van der Waals surface area contributed by atoms with E-state index >= 15 is 0 Å². The number of fused-ring (bicyclic) bond motifs is 15. The molecule has 0 amide bonds. The van der Waals surface area contributed by atoms with Crippen LogP contribution in [-0.4, -0.2) is 24.9 Å². The highest BCUT2D eigenvalue weighted by Gasteiger charge is 2.28. The first-order valence-electron chi connectivity index (χ1n) is 44.0. The van der Waals surface area contributed by atoms with Crippen molar-refractivity contribution in [1.82, 2.24) is 24.9 Å². The van der Waals surface area contributed by atoms with Crippen molar-refractivity contribution in [1.29, 1.82) is 0 Å². The maximum absolute atomic E-state index is 8.45. The third kappa shape index (κ3) is 14.3. The zero-order valence-electron chi connectivity index (χ0n) is 79.0. The summed E-state index contributed by atoms with van der Waals surface area (Å²) in [5.74, 6) is -3.40. The van der Waals surface area contributed by atoms with Gasteiger partial charge < -0.3 is 22.1 Å². The van der Waals surface area contributed by atoms with Gasteiger partial charge in [0.05, 0.1) is 27.8 Å². The minimum Gasteiger partial charge on any atom is -0.437 e. The molecule has 0 saturated carbocycles. The number of aryl methyl sites for hydroxylation is 15. The molecule has 0 saturated heterocycles. The van der Waals surface area contributed by atoms with Gasteiger partial charge in [0.1, 0.15) is 35.2 Å². The lowest BCUT2D eigenvalue weighted by atomic mass is 9.97. The molecule has 15 nitrogen and oxygen atoms in total. The van der Waals surface area contributed by atoms with Gasteiger partial charge in [-0.15, -0.1) is 0 Å². The molecule has 20 rings (SSSR count). The summed E-state index contributed by atoms with van der Waals surface area (Å²) in [5.41, 5.74) is 27.8. The van der Waals surface area contributed by atoms with Gasteiger partial charge in [0, 0.05) is 159 Å². The van der Waals surface area contributed by atoms with Crippen LogP contribution in [0.5, 0.6) is 0 Å². The molecular weight excluding hydrogens is 1430 g/mol. The molecular formula is C101H97N10O5+5. The van der Waals surface area contributed by atoms with Gasteiger partial charge in [-0.25, -0.2) is 47.8 Å². The lowest BCUT2D eigenvalue weighted by Gasteiger charge is -2.09. The lowest BCUT2D eigenvalue weighted by Crippen LogP contribution is -2.31. The fraction of sp³-hybridized carbons (Fsp3) is 0.208. The van der Waals surface area contributed by atoms with E-state index in [4.69, 9.17) is 37.2 Å². The molecule has 0 spiro atoms. The van der Waals surface area contributed by atoms with Gasteiger partial charge in [-0.05, 0) is 198 Å². The highest BCUT2D eigenvalue weighted by atomic mass is 16.4. The van der Waals surface area contributed by atoms with E-state index in [0.29, 0.717) is 50.8 Å². The van der Waals surface area contributed by atoms with Crippen LogP contribution in [0.15, 0.2) is 254 Å². The number of pyridine rings is 10. The number of nitrogens with zero attached hydrogens (tertiary/aromatic N) is 10. The third-order valence-corrected chi connectivity index (χ3v) is 21.9. The Kier molecular flexibility index (Phi) is 17.2. The molecule has 15 heterocycles. The maximum atomic E-state index is 8.45. The van der Waals surface area contributed by atoms with Crippen LogP contribution in [0, 0.1) is 69.2 Å². The van der Waals surface area contributed by atoms with Crippen LogP contribution in [0.1, 0.15) is 121 Å². The highest BCUT2D eigenvalue weighted by Crippen LogP contribution is 2.43. The minimum absolute atomic E-state index is 0.361. The van der Waals surface area contributed by atoms with Crippen LogP contribution in [-0.2, 0) is 35.2 Å². The first-order valence-corrected chi connectivity index (χ1v) is 38.5. The molecule has 576 valence electrons. The SMILES string of the molecule is Cc1cc[n+](C)c(-c2c(C)ccc3c2oc2nc(C)ccc23)c1.Cc1ccc2c(n1)oc1c(-c3cccc[n+]3C)c(C)ccc12.[2H]C([2H])([2H])C([2H])(C)c1cc[n+](C)c(-c2c(C)ccc3c2oc2ncccc23)c1.[2H]C([2H])([2H])C([2H])(C)c1ccc(-c2c(C)ccc3c2oc2ncccc23)[n+](C)c1.[2H]C([2H])([2H])c1c[n+](C)c(-c2c(C)ccc3c2oc2ncccc23)cc1C. The molecule has 20 aromatic rings. The number of rotatable bonds is 7. The Labute approximate surface area is 690 Å². The number of furan rings is 5. The van der Waals surface area contributed by atoms with Gasteiger partial charge in [0.15, 0.2) is 58.9 Å². The van der Waals surface area contributed by atoms with Crippen molar-refractivity contribution in [2.45, 2.75) is 109 Å². The third-order valence-electron chi connectivity index (χ3n) is 21.9. The molecule has 0 aliphatic heterocycles. The van der Waals surface area contributed by atoms with Crippen LogP contribution in [0.25, 0.3) is 167 Å². The van der Waals surface area contributed by atoms with Crippen LogP contribution >= 0.6 is 0 Å². The first-order chi connectivity index (χ1) is 60.2. The second-order valence-electron chi connectivity index (χ2n) is 30.2. The van der Waals surface area contributed by atoms with E-state index in [-0.39, 0.29) is 0 Å². The Morgan fingerprint density at radius 3 is 1.10 bits per heavy atom. The monoisotopic (exact) mass is 1540 g/mol. The Morgan fingerprint density at radius 1 is 0.302 bits per heavy atom. The molecule has 15 aromatic heterocycles. The normalized spacial score (nSPS) is 14.3. The van der Waals surface area contributed by atoms with Crippen molar-refractivity contribution >= 4 is 110 Å². The van der Waals surface area contributed by atoms with Gasteiger partial charge in [0.25, 0.3) is 0 Å². The fourth-order valence-electron chi connectivity index (χ4n) is 15.6. The number of hydrogen-bond donors (Lipinski definition) is 0. The smallest absolute Gasteiger partial charge is 0.227 e. The van der Waals surface area contributed by atoms with Crippen LogP contribution in [0.4, 0.5) is 0 Å². The van der Waals surface area contributed by atoms with E-state index in [1.165, 1.54) is 30.5 Å². The van der Waals surface area contributed by atoms with Crippen molar-refractivity contribution in [3.63, 3.8) is 0 Å². The van der Waals surface area contributed by atoms with Gasteiger partial charge in [0.2, 0.25) is 57.0 Å². The maximum Gasteiger partial charge on any atom is 0.227 e. The summed E-state index contributed by atoms with van der Waals surface area (Å²) in [6.45, 7) is 14.1. The lowest BCUT2D eigenvalue weighted by molar-refractivity contribution is -0.660. The van der Waals surface area contributed by atoms with Crippen molar-refractivity contribution in [3.05, 3.63) is 299 Å². The van der Waals surface area contributed by atoms with E-state index in [1.807, 2.05) is 173 Å².